The van der Waals surface area contributed by atoms with Gasteiger partial charge in [-0.1, -0.05) is 11.6 Å². The highest BCUT2D eigenvalue weighted by molar-refractivity contribution is 6.31. The number of hydrogen-bond acceptors (Lipinski definition) is 3. The SMILES string of the molecule is Cn1cc(CN[C@@H]2CCN(c3ccc(F)c(Cl)c3)C2)cn1. The van der Waals surface area contributed by atoms with E-state index in [-0.39, 0.29) is 10.8 Å². The number of halogens is 2. The average Bonchev–Trinajstić information content (AvgIpc) is 3.08. The second-order valence-corrected chi connectivity index (χ2v) is 5.84. The maximum absolute atomic E-state index is 13.2. The lowest BCUT2D eigenvalue weighted by Gasteiger charge is -2.19. The summed E-state index contributed by atoms with van der Waals surface area (Å²) in [5, 5.41) is 7.87. The van der Waals surface area contributed by atoms with Gasteiger partial charge in [0.25, 0.3) is 0 Å². The molecule has 1 atom stereocenters. The normalized spacial score (nSPS) is 18.4. The maximum atomic E-state index is 13.2. The summed E-state index contributed by atoms with van der Waals surface area (Å²) in [6.07, 6.45) is 4.95. The van der Waals surface area contributed by atoms with Crippen molar-refractivity contribution in [1.29, 1.82) is 0 Å². The van der Waals surface area contributed by atoms with E-state index in [1.54, 1.807) is 16.8 Å². The molecule has 1 aliphatic rings. The summed E-state index contributed by atoms with van der Waals surface area (Å²) in [6.45, 7) is 2.67. The third-order valence-electron chi connectivity index (χ3n) is 3.81. The van der Waals surface area contributed by atoms with E-state index in [9.17, 15) is 4.39 Å². The number of aryl methyl sites for hydroxylation is 1. The first kappa shape index (κ1) is 14.4. The molecule has 0 radical (unpaired) electrons. The molecule has 2 aromatic rings. The second kappa shape index (κ2) is 6.03. The van der Waals surface area contributed by atoms with Crippen molar-refractivity contribution >= 4 is 17.3 Å². The number of nitrogens with zero attached hydrogens (tertiary/aromatic N) is 3. The molecule has 112 valence electrons. The predicted octanol–water partition coefficient (Wildman–Crippen LogP) is 2.58. The lowest BCUT2D eigenvalue weighted by molar-refractivity contribution is 0.551. The monoisotopic (exact) mass is 308 g/mol. The van der Waals surface area contributed by atoms with Gasteiger partial charge in [0.1, 0.15) is 5.82 Å². The van der Waals surface area contributed by atoms with Crippen LogP contribution in [0.5, 0.6) is 0 Å². The Balaban J connectivity index is 1.56. The Morgan fingerprint density at radius 2 is 2.33 bits per heavy atom. The minimum absolute atomic E-state index is 0.180. The van der Waals surface area contributed by atoms with Crippen LogP contribution in [-0.4, -0.2) is 28.9 Å². The summed E-state index contributed by atoms with van der Waals surface area (Å²) >= 11 is 5.85. The van der Waals surface area contributed by atoms with Crippen LogP contribution in [0.3, 0.4) is 0 Å². The van der Waals surface area contributed by atoms with Gasteiger partial charge in [-0.2, -0.15) is 5.10 Å². The zero-order chi connectivity index (χ0) is 14.8. The zero-order valence-electron chi connectivity index (χ0n) is 11.9. The summed E-state index contributed by atoms with van der Waals surface area (Å²) < 4.78 is 15.0. The molecule has 0 bridgehead atoms. The standard InChI is InChI=1S/C15H18ClFN4/c1-20-9-11(8-19-20)7-18-12-4-5-21(10-12)13-2-3-15(17)14(16)6-13/h2-3,6,8-9,12,18H,4-5,7,10H2,1H3/t12-/m1/s1. The smallest absolute Gasteiger partial charge is 0.141 e. The van der Waals surface area contributed by atoms with Gasteiger partial charge in [0.2, 0.25) is 0 Å². The van der Waals surface area contributed by atoms with Crippen LogP contribution in [0.25, 0.3) is 0 Å². The summed E-state index contributed by atoms with van der Waals surface area (Å²) in [4.78, 5) is 2.23. The van der Waals surface area contributed by atoms with Gasteiger partial charge in [-0.05, 0) is 24.6 Å². The van der Waals surface area contributed by atoms with Gasteiger partial charge in [-0.15, -0.1) is 0 Å². The molecule has 2 heterocycles. The Morgan fingerprint density at radius 1 is 1.48 bits per heavy atom. The van der Waals surface area contributed by atoms with Crippen molar-refractivity contribution in [2.24, 2.45) is 7.05 Å². The molecular weight excluding hydrogens is 291 g/mol. The maximum Gasteiger partial charge on any atom is 0.141 e. The number of anilines is 1. The fraction of sp³-hybridized carbons (Fsp3) is 0.400. The van der Waals surface area contributed by atoms with Crippen LogP contribution in [0.15, 0.2) is 30.6 Å². The minimum Gasteiger partial charge on any atom is -0.370 e. The van der Waals surface area contributed by atoms with E-state index in [2.05, 4.69) is 15.3 Å². The Kier molecular flexibility index (Phi) is 4.12. The minimum atomic E-state index is -0.370. The third-order valence-corrected chi connectivity index (χ3v) is 4.10. The highest BCUT2D eigenvalue weighted by Crippen LogP contribution is 2.25. The molecule has 0 saturated carbocycles. The average molecular weight is 309 g/mol. The van der Waals surface area contributed by atoms with E-state index in [1.807, 2.05) is 19.4 Å². The molecule has 21 heavy (non-hydrogen) atoms. The van der Waals surface area contributed by atoms with E-state index < -0.39 is 0 Å². The zero-order valence-corrected chi connectivity index (χ0v) is 12.6. The van der Waals surface area contributed by atoms with E-state index >= 15 is 0 Å². The molecule has 1 aromatic carbocycles. The van der Waals surface area contributed by atoms with Crippen molar-refractivity contribution in [1.82, 2.24) is 15.1 Å². The fourth-order valence-corrected chi connectivity index (χ4v) is 2.84. The quantitative estimate of drug-likeness (QED) is 0.942. The molecular formula is C15H18ClFN4. The van der Waals surface area contributed by atoms with Crippen LogP contribution in [0.2, 0.25) is 5.02 Å². The summed E-state index contributed by atoms with van der Waals surface area (Å²) in [6, 6.07) is 5.33. The Bertz CT molecular complexity index is 628. The summed E-state index contributed by atoms with van der Waals surface area (Å²) in [5.41, 5.74) is 2.16. The van der Waals surface area contributed by atoms with E-state index in [0.29, 0.717) is 6.04 Å². The van der Waals surface area contributed by atoms with Crippen molar-refractivity contribution in [2.75, 3.05) is 18.0 Å². The predicted molar refractivity (Wildman–Crippen MR) is 82.1 cm³/mol. The number of benzene rings is 1. The Labute approximate surface area is 128 Å². The number of rotatable bonds is 4. The number of hydrogen-bond donors (Lipinski definition) is 1. The van der Waals surface area contributed by atoms with Crippen molar-refractivity contribution in [3.05, 3.63) is 47.0 Å². The van der Waals surface area contributed by atoms with Crippen molar-refractivity contribution in [3.63, 3.8) is 0 Å². The number of nitrogens with one attached hydrogen (secondary N) is 1. The molecule has 1 saturated heterocycles. The highest BCUT2D eigenvalue weighted by atomic mass is 35.5. The van der Waals surface area contributed by atoms with Gasteiger partial charge in [0.15, 0.2) is 0 Å². The van der Waals surface area contributed by atoms with Crippen molar-refractivity contribution < 1.29 is 4.39 Å². The molecule has 1 aliphatic heterocycles. The summed E-state index contributed by atoms with van der Waals surface area (Å²) in [5.74, 6) is -0.370. The van der Waals surface area contributed by atoms with Crippen molar-refractivity contribution in [3.8, 4) is 0 Å². The van der Waals surface area contributed by atoms with E-state index in [0.717, 1.165) is 31.7 Å². The molecule has 0 aliphatic carbocycles. The first-order chi connectivity index (χ1) is 10.1. The summed E-state index contributed by atoms with van der Waals surface area (Å²) in [7, 11) is 1.92. The van der Waals surface area contributed by atoms with E-state index in [4.69, 9.17) is 11.6 Å². The molecule has 0 amide bonds. The van der Waals surface area contributed by atoms with Gasteiger partial charge >= 0.3 is 0 Å². The van der Waals surface area contributed by atoms with Gasteiger partial charge in [0.05, 0.1) is 11.2 Å². The first-order valence-electron chi connectivity index (χ1n) is 7.03. The molecule has 1 N–H and O–H groups in total. The van der Waals surface area contributed by atoms with Gasteiger partial charge in [-0.25, -0.2) is 4.39 Å². The van der Waals surface area contributed by atoms with Crippen LogP contribution >= 0.6 is 11.6 Å². The fourth-order valence-electron chi connectivity index (χ4n) is 2.67. The van der Waals surface area contributed by atoms with Crippen LogP contribution in [0, 0.1) is 5.82 Å². The molecule has 6 heteroatoms. The van der Waals surface area contributed by atoms with Gasteiger partial charge < -0.3 is 10.2 Å². The Morgan fingerprint density at radius 3 is 3.05 bits per heavy atom. The van der Waals surface area contributed by atoms with Gasteiger partial charge in [0, 0.05) is 50.2 Å². The molecule has 4 nitrogen and oxygen atoms in total. The molecule has 0 spiro atoms. The van der Waals surface area contributed by atoms with Gasteiger partial charge in [-0.3, -0.25) is 4.68 Å². The van der Waals surface area contributed by atoms with Crippen LogP contribution < -0.4 is 10.2 Å². The highest BCUT2D eigenvalue weighted by Gasteiger charge is 2.22. The first-order valence-corrected chi connectivity index (χ1v) is 7.40. The third kappa shape index (κ3) is 3.36. The topological polar surface area (TPSA) is 33.1 Å². The molecule has 1 aromatic heterocycles. The molecule has 0 unspecified atom stereocenters. The largest absolute Gasteiger partial charge is 0.370 e. The van der Waals surface area contributed by atoms with Crippen LogP contribution in [0.1, 0.15) is 12.0 Å². The van der Waals surface area contributed by atoms with Crippen LogP contribution in [0.4, 0.5) is 10.1 Å². The molecule has 3 rings (SSSR count). The lowest BCUT2D eigenvalue weighted by Crippen LogP contribution is -2.32. The Hall–Kier alpha value is -1.59. The lowest BCUT2D eigenvalue weighted by atomic mass is 10.2. The van der Waals surface area contributed by atoms with Crippen LogP contribution in [-0.2, 0) is 13.6 Å². The van der Waals surface area contributed by atoms with E-state index in [1.165, 1.54) is 11.6 Å². The number of aromatic nitrogens is 2. The molecule has 1 fully saturated rings. The second-order valence-electron chi connectivity index (χ2n) is 5.43. The van der Waals surface area contributed by atoms with Crippen molar-refractivity contribution in [2.45, 2.75) is 19.0 Å².